The van der Waals surface area contributed by atoms with E-state index in [1.165, 1.54) is 18.6 Å². The maximum atomic E-state index is 15.2. The summed E-state index contributed by atoms with van der Waals surface area (Å²) in [5, 5.41) is 11.0. The molecule has 5 aromatic rings. The normalized spacial score (nSPS) is 20.2. The van der Waals surface area contributed by atoms with E-state index in [9.17, 15) is 22.8 Å². The number of hydrogen-bond donors (Lipinski definition) is 2. The molecule has 3 atom stereocenters. The Labute approximate surface area is 498 Å². The number of amides is 3. The molecule has 3 amide bonds. The molecule has 4 aliphatic rings. The van der Waals surface area contributed by atoms with E-state index in [0.717, 1.165) is 11.3 Å². The number of carbonyl (C=O) groups is 3. The lowest BCUT2D eigenvalue weighted by molar-refractivity contribution is -0.121. The lowest BCUT2D eigenvalue weighted by atomic mass is 9.91. The minimum Gasteiger partial charge on any atom is -0.492 e. The van der Waals surface area contributed by atoms with Crippen molar-refractivity contribution < 1.29 is 41.1 Å². The fourth-order valence-electron chi connectivity index (χ4n) is 11.6. The average Bonchev–Trinajstić information content (AvgIpc) is 1.97. The van der Waals surface area contributed by atoms with Crippen molar-refractivity contribution >= 4 is 61.9 Å². The van der Waals surface area contributed by atoms with Crippen LogP contribution in [0.25, 0.3) is 10.9 Å². The molecule has 4 aromatic heterocycles. The van der Waals surface area contributed by atoms with Crippen LogP contribution in [0, 0.1) is 13.8 Å². The van der Waals surface area contributed by atoms with E-state index < -0.39 is 37.6 Å². The number of halogens is 2. The SMILES string of the molecule is CCCC(F)(F)c1cnc2c(c1)N(C(=O)CN1CC(C)N(C(=O)OC(C)(C)C)CC1CN1CCN(c3ncc(C(=O)N4CCN(CCCOc5cc6ncnc(Nc7n[nH]c(C)c7C)c6cc5S(=O)(=O)C(C)(C)C)CC4)cn3)C[C@H]1C)CC2(C)C. The number of nitrogens with one attached hydrogen (secondary N) is 2. The number of ether oxygens (including phenoxy) is 2. The Kier molecular flexibility index (Phi) is 18.2. The number of hydrogen-bond acceptors (Lipinski definition) is 18. The number of pyridine rings is 1. The Morgan fingerprint density at radius 1 is 0.847 bits per heavy atom. The van der Waals surface area contributed by atoms with Crippen molar-refractivity contribution in [3.05, 3.63) is 71.2 Å². The van der Waals surface area contributed by atoms with Gasteiger partial charge in [0.15, 0.2) is 15.7 Å². The van der Waals surface area contributed by atoms with E-state index >= 15 is 8.78 Å². The van der Waals surface area contributed by atoms with Gasteiger partial charge in [-0.3, -0.25) is 34.4 Å². The van der Waals surface area contributed by atoms with Crippen LogP contribution in [-0.4, -0.2) is 206 Å². The van der Waals surface area contributed by atoms with E-state index in [-0.39, 0.29) is 65.7 Å². The molecule has 0 aliphatic carbocycles. The second-order valence-corrected chi connectivity index (χ2v) is 28.6. The summed E-state index contributed by atoms with van der Waals surface area (Å²) in [7, 11) is -3.86. The number of benzene rings is 1. The van der Waals surface area contributed by atoms with E-state index in [1.807, 2.05) is 60.3 Å². The zero-order chi connectivity index (χ0) is 61.6. The average molecular weight is 1200 g/mol. The summed E-state index contributed by atoms with van der Waals surface area (Å²) in [6.45, 7) is 30.7. The predicted molar refractivity (Wildman–Crippen MR) is 322 cm³/mol. The highest BCUT2D eigenvalue weighted by Gasteiger charge is 2.45. The number of H-pyrrole nitrogens is 1. The summed E-state index contributed by atoms with van der Waals surface area (Å²) in [5.41, 5.74) is 2.32. The van der Waals surface area contributed by atoms with E-state index in [2.05, 4.69) is 67.0 Å². The largest absolute Gasteiger partial charge is 0.492 e. The molecule has 2 N–H and O–H groups in total. The number of nitrogens with zero attached hydrogens (tertiary/aromatic N) is 13. The summed E-state index contributed by atoms with van der Waals surface area (Å²) >= 11 is 0. The maximum absolute atomic E-state index is 15.2. The second kappa shape index (κ2) is 24.6. The molecule has 3 saturated heterocycles. The number of aromatic nitrogens is 7. The third-order valence-corrected chi connectivity index (χ3v) is 19.3. The van der Waals surface area contributed by atoms with Gasteiger partial charge in [0, 0.05) is 155 Å². The van der Waals surface area contributed by atoms with Crippen LogP contribution in [0.15, 0.2) is 48.0 Å². The number of rotatable bonds is 17. The van der Waals surface area contributed by atoms with Crippen molar-refractivity contribution in [1.29, 1.82) is 0 Å². The van der Waals surface area contributed by atoms with E-state index in [0.29, 0.717) is 137 Å². The number of sulfone groups is 1. The minimum atomic E-state index is -3.86. The lowest BCUT2D eigenvalue weighted by Crippen LogP contribution is -2.65. The highest BCUT2D eigenvalue weighted by atomic mass is 32.2. The van der Waals surface area contributed by atoms with Crippen LogP contribution < -0.4 is 19.9 Å². The van der Waals surface area contributed by atoms with Gasteiger partial charge in [0.1, 0.15) is 28.4 Å². The molecule has 0 radical (unpaired) electrons. The van der Waals surface area contributed by atoms with Gasteiger partial charge in [0.25, 0.3) is 11.8 Å². The predicted octanol–water partition coefficient (Wildman–Crippen LogP) is 7.73. The number of piperazine rings is 3. The van der Waals surface area contributed by atoms with Crippen molar-refractivity contribution in [3.8, 4) is 5.75 Å². The van der Waals surface area contributed by atoms with Gasteiger partial charge in [-0.1, -0.05) is 27.2 Å². The van der Waals surface area contributed by atoms with Gasteiger partial charge in [0.2, 0.25) is 11.9 Å². The summed E-state index contributed by atoms with van der Waals surface area (Å²) in [6.07, 6.45) is 6.03. The molecule has 1 aromatic carbocycles. The zero-order valence-electron chi connectivity index (χ0n) is 51.6. The molecule has 4 aliphatic heterocycles. The first-order chi connectivity index (χ1) is 39.9. The van der Waals surface area contributed by atoms with Crippen LogP contribution in [0.3, 0.4) is 0 Å². The first kappa shape index (κ1) is 62.8. The van der Waals surface area contributed by atoms with Crippen molar-refractivity contribution in [1.82, 2.24) is 59.6 Å². The molecule has 462 valence electrons. The lowest BCUT2D eigenvalue weighted by Gasteiger charge is -2.48. The maximum Gasteiger partial charge on any atom is 0.410 e. The zero-order valence-corrected chi connectivity index (χ0v) is 52.4. The van der Waals surface area contributed by atoms with Crippen LogP contribution >= 0.6 is 0 Å². The first-order valence-corrected chi connectivity index (χ1v) is 31.1. The number of alkyl halides is 2. The topological polar surface area (TPSA) is 232 Å². The van der Waals surface area contributed by atoms with Gasteiger partial charge in [0.05, 0.1) is 40.4 Å². The van der Waals surface area contributed by atoms with Crippen LogP contribution in [0.2, 0.25) is 0 Å². The van der Waals surface area contributed by atoms with Gasteiger partial charge in [-0.2, -0.15) is 5.10 Å². The Morgan fingerprint density at radius 3 is 2.21 bits per heavy atom. The number of aromatic amines is 1. The first-order valence-electron chi connectivity index (χ1n) is 29.6. The highest BCUT2D eigenvalue weighted by molar-refractivity contribution is 7.92. The molecule has 25 heteroatoms. The van der Waals surface area contributed by atoms with E-state index in [1.54, 1.807) is 62.0 Å². The van der Waals surface area contributed by atoms with Gasteiger partial charge in [-0.25, -0.2) is 41.9 Å². The monoisotopic (exact) mass is 1200 g/mol. The van der Waals surface area contributed by atoms with Crippen molar-refractivity contribution in [2.45, 2.75) is 154 Å². The molecule has 22 nitrogen and oxygen atoms in total. The molecule has 9 rings (SSSR count). The summed E-state index contributed by atoms with van der Waals surface area (Å²) < 4.78 is 69.5. The molecule has 2 unspecified atom stereocenters. The molecule has 0 spiro atoms. The van der Waals surface area contributed by atoms with E-state index in [4.69, 9.17) is 9.47 Å². The van der Waals surface area contributed by atoms with Crippen LogP contribution in [0.1, 0.15) is 128 Å². The van der Waals surface area contributed by atoms with Gasteiger partial charge in [-0.05, 0) is 87.8 Å². The molecule has 0 bridgehead atoms. The Hall–Kier alpha value is -6.70. The molecule has 85 heavy (non-hydrogen) atoms. The fraction of sp³-hybridized carbons (Fsp3) is 0.617. The minimum absolute atomic E-state index is 0.0174. The summed E-state index contributed by atoms with van der Waals surface area (Å²) in [5.74, 6) is -1.69. The second-order valence-electron chi connectivity index (χ2n) is 26.0. The smallest absolute Gasteiger partial charge is 0.410 e. The summed E-state index contributed by atoms with van der Waals surface area (Å²) in [4.78, 5) is 78.8. The quantitative estimate of drug-likeness (QED) is 0.0848. The van der Waals surface area contributed by atoms with Crippen LogP contribution in [0.5, 0.6) is 5.75 Å². The number of aryl methyl sites for hydroxylation is 1. The number of fused-ring (bicyclic) bond motifs is 2. The van der Waals surface area contributed by atoms with Gasteiger partial charge < -0.3 is 34.4 Å². The molecule has 0 saturated carbocycles. The van der Waals surface area contributed by atoms with Crippen LogP contribution in [0.4, 0.5) is 36.8 Å². The Bertz CT molecular complexity index is 3360. The van der Waals surface area contributed by atoms with Gasteiger partial charge >= 0.3 is 6.09 Å². The van der Waals surface area contributed by atoms with Crippen molar-refractivity contribution in [2.75, 3.05) is 107 Å². The Morgan fingerprint density at radius 2 is 1.56 bits per heavy atom. The summed E-state index contributed by atoms with van der Waals surface area (Å²) in [6, 6.07) is 4.17. The van der Waals surface area contributed by atoms with Crippen molar-refractivity contribution in [2.24, 2.45) is 0 Å². The highest BCUT2D eigenvalue weighted by Crippen LogP contribution is 2.43. The van der Waals surface area contributed by atoms with Gasteiger partial charge in [-0.15, -0.1) is 0 Å². The third kappa shape index (κ3) is 13.8. The third-order valence-electron chi connectivity index (χ3n) is 16.8. The molecule has 3 fully saturated rings. The molecular weight excluding hydrogens is 1110 g/mol. The van der Waals surface area contributed by atoms with Crippen molar-refractivity contribution in [3.63, 3.8) is 0 Å². The fourth-order valence-corrected chi connectivity index (χ4v) is 12.9. The number of carbonyl (C=O) groups excluding carboxylic acids is 3. The standard InChI is InChI=1S/C60H85F2N15O7S/c1-14-16-60(61,62)43-25-47-51(63-30-43)59(12,13)36-77(47)50(78)35-75-32-39(3)76(56(80)84-57(6,7)8)34-44(75)33-73-22-23-74(31-38(73)2)55-64-28-42(29-65-55)54(79)72-20-18-71(19-21-72)17-15-24-83-48-27-46-45(26-49(48)85(81,82)58(9,10)11)53(67-37-66-46)68-52-40(4)41(5)69-70-52/h25-30,37-39,44H,14-24,31-36H2,1-13H3,(H2,66,67,68,69,70)/t38-,39?,44?/m1/s1. The molecular formula is C60H85F2N15O7S. The molecule has 8 heterocycles. The van der Waals surface area contributed by atoms with Crippen LogP contribution in [-0.2, 0) is 30.7 Å². The Balaban J connectivity index is 0.785. The number of anilines is 4.